The molecule has 0 amide bonds. The first kappa shape index (κ1) is 19.1. The van der Waals surface area contributed by atoms with Gasteiger partial charge in [-0.25, -0.2) is 0 Å². The SMILES string of the molecule is CO/N=C(\c1cccc(COc2ccc(CCC(=O)O)cc2)c1)c1nnco1. The third kappa shape index (κ3) is 5.16. The number of rotatable bonds is 9. The van der Waals surface area contributed by atoms with E-state index in [1.807, 2.05) is 48.5 Å². The van der Waals surface area contributed by atoms with Crippen LogP contribution in [0.3, 0.4) is 0 Å². The molecule has 0 unspecified atom stereocenters. The van der Waals surface area contributed by atoms with Gasteiger partial charge < -0.3 is 19.1 Å². The molecule has 1 heterocycles. The summed E-state index contributed by atoms with van der Waals surface area (Å²) in [5.74, 6) is 0.154. The van der Waals surface area contributed by atoms with Crippen molar-refractivity contribution in [2.75, 3.05) is 7.11 Å². The Morgan fingerprint density at radius 2 is 2.00 bits per heavy atom. The maximum Gasteiger partial charge on any atom is 0.303 e. The summed E-state index contributed by atoms with van der Waals surface area (Å²) in [5.41, 5.74) is 3.08. The lowest BCUT2D eigenvalue weighted by Gasteiger charge is -2.09. The Bertz CT molecular complexity index is 937. The molecular weight excluding hydrogens is 362 g/mol. The molecule has 0 radical (unpaired) electrons. The van der Waals surface area contributed by atoms with Gasteiger partial charge in [0.2, 0.25) is 6.39 Å². The highest BCUT2D eigenvalue weighted by Crippen LogP contribution is 2.17. The van der Waals surface area contributed by atoms with Crippen molar-refractivity contribution in [3.8, 4) is 5.75 Å². The molecule has 0 aliphatic carbocycles. The third-order valence-electron chi connectivity index (χ3n) is 3.90. The number of aryl methyl sites for hydroxylation is 1. The van der Waals surface area contributed by atoms with Crippen LogP contribution in [-0.4, -0.2) is 34.1 Å². The van der Waals surface area contributed by atoms with Crippen LogP contribution in [0.2, 0.25) is 0 Å². The van der Waals surface area contributed by atoms with Gasteiger partial charge in [0.25, 0.3) is 5.89 Å². The lowest BCUT2D eigenvalue weighted by Crippen LogP contribution is -2.06. The van der Waals surface area contributed by atoms with Crippen LogP contribution in [0.4, 0.5) is 0 Å². The van der Waals surface area contributed by atoms with Gasteiger partial charge in [0, 0.05) is 12.0 Å². The minimum atomic E-state index is -0.808. The van der Waals surface area contributed by atoms with Crippen molar-refractivity contribution in [3.05, 3.63) is 77.5 Å². The van der Waals surface area contributed by atoms with E-state index < -0.39 is 5.97 Å². The molecule has 0 saturated heterocycles. The van der Waals surface area contributed by atoms with Crippen molar-refractivity contribution in [1.29, 1.82) is 0 Å². The van der Waals surface area contributed by atoms with Crippen molar-refractivity contribution in [1.82, 2.24) is 10.2 Å². The van der Waals surface area contributed by atoms with E-state index >= 15 is 0 Å². The zero-order valence-electron chi connectivity index (χ0n) is 15.2. The number of aliphatic carboxylic acids is 1. The lowest BCUT2D eigenvalue weighted by atomic mass is 10.1. The summed E-state index contributed by atoms with van der Waals surface area (Å²) >= 11 is 0. The zero-order chi connectivity index (χ0) is 19.8. The molecule has 0 aliphatic heterocycles. The molecule has 0 aliphatic rings. The summed E-state index contributed by atoms with van der Waals surface area (Å²) in [5, 5.41) is 20.3. The first-order valence-electron chi connectivity index (χ1n) is 8.56. The molecule has 0 fully saturated rings. The number of carboxylic acid groups (broad SMARTS) is 1. The standard InChI is InChI=1S/C20H19N3O5/c1-26-23-19(20-22-21-13-28-20)16-4-2-3-15(11-16)12-27-17-8-5-14(6-9-17)7-10-18(24)25/h2-6,8-9,11,13H,7,10,12H2,1H3,(H,24,25)/b23-19+. The van der Waals surface area contributed by atoms with Gasteiger partial charge >= 0.3 is 5.97 Å². The largest absolute Gasteiger partial charge is 0.489 e. The van der Waals surface area contributed by atoms with Crippen LogP contribution in [0, 0.1) is 0 Å². The number of oxime groups is 1. The van der Waals surface area contributed by atoms with Gasteiger partial charge in [0.1, 0.15) is 19.5 Å². The van der Waals surface area contributed by atoms with E-state index in [0.717, 1.165) is 16.7 Å². The van der Waals surface area contributed by atoms with Gasteiger partial charge in [-0.2, -0.15) is 0 Å². The van der Waals surface area contributed by atoms with Crippen LogP contribution in [-0.2, 0) is 22.7 Å². The molecule has 0 spiro atoms. The fraction of sp³-hybridized carbons (Fsp3) is 0.200. The molecule has 2 aromatic carbocycles. The summed E-state index contributed by atoms with van der Waals surface area (Å²) in [6.45, 7) is 0.354. The quantitative estimate of drug-likeness (QED) is 0.448. The average molecular weight is 381 g/mol. The van der Waals surface area contributed by atoms with Gasteiger partial charge in [-0.15, -0.1) is 10.2 Å². The van der Waals surface area contributed by atoms with Crippen LogP contribution in [0.15, 0.2) is 64.5 Å². The fourth-order valence-electron chi connectivity index (χ4n) is 2.56. The van der Waals surface area contributed by atoms with Crippen LogP contribution in [0.1, 0.15) is 29.0 Å². The Kier molecular flexibility index (Phi) is 6.35. The highest BCUT2D eigenvalue weighted by Gasteiger charge is 2.14. The Morgan fingerprint density at radius 3 is 2.68 bits per heavy atom. The highest BCUT2D eigenvalue weighted by atomic mass is 16.6. The Labute approximate surface area is 161 Å². The van der Waals surface area contributed by atoms with Gasteiger partial charge in [-0.05, 0) is 35.7 Å². The van der Waals surface area contributed by atoms with Gasteiger partial charge in [-0.1, -0.05) is 35.5 Å². The molecule has 1 N–H and O–H groups in total. The first-order valence-corrected chi connectivity index (χ1v) is 8.56. The monoisotopic (exact) mass is 381 g/mol. The molecule has 8 nitrogen and oxygen atoms in total. The first-order chi connectivity index (χ1) is 13.7. The maximum absolute atomic E-state index is 10.6. The van der Waals surface area contributed by atoms with Crippen LogP contribution in [0.5, 0.6) is 5.75 Å². The summed E-state index contributed by atoms with van der Waals surface area (Å²) in [7, 11) is 1.45. The van der Waals surface area contributed by atoms with Crippen molar-refractivity contribution in [3.63, 3.8) is 0 Å². The topological polar surface area (TPSA) is 107 Å². The van der Waals surface area contributed by atoms with Gasteiger partial charge in [-0.3, -0.25) is 4.79 Å². The van der Waals surface area contributed by atoms with Crippen LogP contribution >= 0.6 is 0 Å². The zero-order valence-corrected chi connectivity index (χ0v) is 15.2. The smallest absolute Gasteiger partial charge is 0.303 e. The number of ether oxygens (including phenoxy) is 1. The summed E-state index contributed by atoms with van der Waals surface area (Å²) in [4.78, 5) is 15.5. The number of nitrogens with zero attached hydrogens (tertiary/aromatic N) is 3. The molecule has 0 atom stereocenters. The van der Waals surface area contributed by atoms with E-state index in [-0.39, 0.29) is 12.3 Å². The van der Waals surface area contributed by atoms with E-state index in [9.17, 15) is 4.79 Å². The Morgan fingerprint density at radius 1 is 1.18 bits per heavy atom. The van der Waals surface area contributed by atoms with Crippen LogP contribution < -0.4 is 4.74 Å². The van der Waals surface area contributed by atoms with Crippen LogP contribution in [0.25, 0.3) is 0 Å². The predicted molar refractivity (Wildman–Crippen MR) is 100 cm³/mol. The van der Waals surface area contributed by atoms with Crippen molar-refractivity contribution < 1.29 is 23.9 Å². The molecule has 144 valence electrons. The average Bonchev–Trinajstić information content (AvgIpc) is 3.24. The fourth-order valence-corrected chi connectivity index (χ4v) is 2.56. The van der Waals surface area contributed by atoms with Crippen molar-refractivity contribution in [2.45, 2.75) is 19.4 Å². The lowest BCUT2D eigenvalue weighted by molar-refractivity contribution is -0.136. The number of hydrogen-bond donors (Lipinski definition) is 1. The van der Waals surface area contributed by atoms with E-state index in [4.69, 9.17) is 19.1 Å². The summed E-state index contributed by atoms with van der Waals surface area (Å²) in [6, 6.07) is 15.0. The van der Waals surface area contributed by atoms with Gasteiger partial charge in [0.05, 0.1) is 0 Å². The van der Waals surface area contributed by atoms with Gasteiger partial charge in [0.15, 0.2) is 5.71 Å². The maximum atomic E-state index is 10.6. The number of carboxylic acids is 1. The van der Waals surface area contributed by atoms with E-state index in [0.29, 0.717) is 24.5 Å². The predicted octanol–water partition coefficient (Wildman–Crippen LogP) is 3.06. The summed E-state index contributed by atoms with van der Waals surface area (Å²) in [6.07, 6.45) is 1.83. The second-order valence-electron chi connectivity index (χ2n) is 5.89. The second kappa shape index (κ2) is 9.31. The molecule has 28 heavy (non-hydrogen) atoms. The second-order valence-corrected chi connectivity index (χ2v) is 5.89. The number of carbonyl (C=O) groups is 1. The summed E-state index contributed by atoms with van der Waals surface area (Å²) < 4.78 is 11.0. The molecule has 3 rings (SSSR count). The molecule has 0 bridgehead atoms. The highest BCUT2D eigenvalue weighted by molar-refractivity contribution is 6.09. The van der Waals surface area contributed by atoms with E-state index in [1.165, 1.54) is 13.5 Å². The van der Waals surface area contributed by atoms with E-state index in [2.05, 4.69) is 15.4 Å². The van der Waals surface area contributed by atoms with Crippen molar-refractivity contribution >= 4 is 11.7 Å². The minimum Gasteiger partial charge on any atom is -0.489 e. The minimum absolute atomic E-state index is 0.110. The molecule has 8 heteroatoms. The number of hydrogen-bond acceptors (Lipinski definition) is 7. The molecule has 3 aromatic rings. The molecule has 1 aromatic heterocycles. The molecular formula is C20H19N3O5. The Balaban J connectivity index is 1.66. The molecule has 0 saturated carbocycles. The third-order valence-corrected chi connectivity index (χ3v) is 3.90. The van der Waals surface area contributed by atoms with Crippen molar-refractivity contribution in [2.24, 2.45) is 5.16 Å². The normalized spacial score (nSPS) is 11.2. The number of aromatic nitrogens is 2. The van der Waals surface area contributed by atoms with E-state index in [1.54, 1.807) is 0 Å². The Hall–Kier alpha value is -3.68. The number of benzene rings is 2.